The molecule has 0 spiro atoms. The maximum Gasteiger partial charge on any atom is 0.243 e. The number of nitrogens with zero attached hydrogens (tertiary/aromatic N) is 3. The number of rotatable bonds is 4. The van der Waals surface area contributed by atoms with Crippen molar-refractivity contribution in [2.24, 2.45) is 0 Å². The fraction of sp³-hybridized carbons (Fsp3) is 0.316. The van der Waals surface area contributed by atoms with Crippen LogP contribution in [0, 0.1) is 18.3 Å². The highest BCUT2D eigenvalue weighted by Crippen LogP contribution is 2.25. The minimum Gasteiger partial charge on any atom is -0.282 e. The fourth-order valence-corrected chi connectivity index (χ4v) is 4.62. The predicted octanol–water partition coefficient (Wildman–Crippen LogP) is 3.22. The predicted molar refractivity (Wildman–Crippen MR) is 101 cm³/mol. The molecular weight excluding hydrogens is 370 g/mol. The van der Waals surface area contributed by atoms with Crippen molar-refractivity contribution >= 4 is 21.6 Å². The summed E-state index contributed by atoms with van der Waals surface area (Å²) in [6.07, 6.45) is 0. The van der Waals surface area contributed by atoms with Crippen LogP contribution in [0.25, 0.3) is 0 Å². The Kier molecular flexibility index (Phi) is 5.64. The van der Waals surface area contributed by atoms with Crippen molar-refractivity contribution in [1.82, 2.24) is 9.21 Å². The molecule has 136 valence electrons. The van der Waals surface area contributed by atoms with Crippen LogP contribution in [0.1, 0.15) is 17.2 Å². The van der Waals surface area contributed by atoms with E-state index in [1.165, 1.54) is 4.31 Å². The second kappa shape index (κ2) is 7.77. The summed E-state index contributed by atoms with van der Waals surface area (Å²) in [5.41, 5.74) is 1.89. The summed E-state index contributed by atoms with van der Waals surface area (Å²) in [6, 6.07) is 16.0. The molecule has 0 bridgehead atoms. The Bertz CT molecular complexity index is 897. The zero-order chi connectivity index (χ0) is 18.7. The molecular formula is C19H20ClN3O2S. The van der Waals surface area contributed by atoms with Crippen molar-refractivity contribution in [3.8, 4) is 6.07 Å². The molecule has 0 aliphatic carbocycles. The molecule has 26 heavy (non-hydrogen) atoms. The highest BCUT2D eigenvalue weighted by atomic mass is 35.5. The van der Waals surface area contributed by atoms with Gasteiger partial charge in [-0.3, -0.25) is 4.90 Å². The second-order valence-electron chi connectivity index (χ2n) is 6.34. The third-order valence-electron chi connectivity index (χ3n) is 4.61. The monoisotopic (exact) mass is 389 g/mol. The van der Waals surface area contributed by atoms with Gasteiger partial charge in [0.1, 0.15) is 6.04 Å². The summed E-state index contributed by atoms with van der Waals surface area (Å²) in [4.78, 5) is 2.32. The molecule has 5 nitrogen and oxygen atoms in total. The van der Waals surface area contributed by atoms with Crippen LogP contribution in [0.2, 0.25) is 5.02 Å². The second-order valence-corrected chi connectivity index (χ2v) is 8.71. The molecule has 0 saturated carbocycles. The number of benzene rings is 2. The van der Waals surface area contributed by atoms with E-state index in [2.05, 4.69) is 6.07 Å². The van der Waals surface area contributed by atoms with E-state index in [0.717, 1.165) is 11.1 Å². The Morgan fingerprint density at radius 3 is 2.12 bits per heavy atom. The molecule has 3 rings (SSSR count). The van der Waals surface area contributed by atoms with E-state index in [4.69, 9.17) is 11.6 Å². The summed E-state index contributed by atoms with van der Waals surface area (Å²) >= 11 is 5.91. The van der Waals surface area contributed by atoms with Gasteiger partial charge in [-0.15, -0.1) is 0 Å². The van der Waals surface area contributed by atoms with Gasteiger partial charge in [-0.1, -0.05) is 41.4 Å². The fourth-order valence-electron chi connectivity index (χ4n) is 3.07. The molecule has 0 radical (unpaired) electrons. The lowest BCUT2D eigenvalue weighted by Gasteiger charge is -2.36. The Labute approximate surface area is 159 Å². The van der Waals surface area contributed by atoms with Gasteiger partial charge in [0.15, 0.2) is 0 Å². The zero-order valence-electron chi connectivity index (χ0n) is 14.5. The number of hydrogen-bond donors (Lipinski definition) is 0. The molecule has 0 N–H and O–H groups in total. The maximum atomic E-state index is 12.8. The smallest absolute Gasteiger partial charge is 0.243 e. The first kappa shape index (κ1) is 18.9. The summed E-state index contributed by atoms with van der Waals surface area (Å²) < 4.78 is 27.1. The summed E-state index contributed by atoms with van der Waals surface area (Å²) in [6.45, 7) is 3.66. The van der Waals surface area contributed by atoms with E-state index in [1.807, 2.05) is 24.0 Å². The molecule has 1 atom stereocenters. The Morgan fingerprint density at radius 1 is 1.00 bits per heavy atom. The van der Waals surface area contributed by atoms with Crippen LogP contribution in [0.3, 0.4) is 0 Å². The van der Waals surface area contributed by atoms with Gasteiger partial charge >= 0.3 is 0 Å². The highest BCUT2D eigenvalue weighted by Gasteiger charge is 2.31. The average molecular weight is 390 g/mol. The maximum absolute atomic E-state index is 12.8. The van der Waals surface area contributed by atoms with Crippen molar-refractivity contribution < 1.29 is 8.42 Å². The van der Waals surface area contributed by atoms with Crippen molar-refractivity contribution in [2.45, 2.75) is 17.9 Å². The van der Waals surface area contributed by atoms with E-state index < -0.39 is 16.1 Å². The quantitative estimate of drug-likeness (QED) is 0.805. The average Bonchev–Trinajstić information content (AvgIpc) is 2.65. The van der Waals surface area contributed by atoms with Crippen LogP contribution in [0.4, 0.5) is 0 Å². The molecule has 1 fully saturated rings. The van der Waals surface area contributed by atoms with Gasteiger partial charge in [0.05, 0.1) is 11.0 Å². The lowest BCUT2D eigenvalue weighted by Crippen LogP contribution is -2.49. The van der Waals surface area contributed by atoms with Gasteiger partial charge in [0.2, 0.25) is 10.0 Å². The Balaban J connectivity index is 1.71. The van der Waals surface area contributed by atoms with E-state index in [-0.39, 0.29) is 0 Å². The summed E-state index contributed by atoms with van der Waals surface area (Å²) in [5.74, 6) is 0. The van der Waals surface area contributed by atoms with Gasteiger partial charge in [-0.2, -0.15) is 9.57 Å². The minimum absolute atomic E-state index is 0.311. The van der Waals surface area contributed by atoms with Crippen molar-refractivity contribution in [3.05, 3.63) is 64.7 Å². The molecule has 0 amide bonds. The van der Waals surface area contributed by atoms with Crippen molar-refractivity contribution in [3.63, 3.8) is 0 Å². The standard InChI is InChI=1S/C19H20ClN3O2S/c1-15-2-8-18(9-3-15)26(24,25)23-12-10-22(11-13-23)19(14-21)16-4-6-17(20)7-5-16/h2-9,19H,10-13H2,1H3. The number of halogens is 1. The molecule has 0 aromatic heterocycles. The van der Waals surface area contributed by atoms with E-state index in [9.17, 15) is 13.7 Å². The minimum atomic E-state index is -3.50. The molecule has 2 aromatic rings. The molecule has 2 aromatic carbocycles. The van der Waals surface area contributed by atoms with Gasteiger partial charge in [-0.25, -0.2) is 8.42 Å². The first-order chi connectivity index (χ1) is 12.4. The van der Waals surface area contributed by atoms with E-state index in [0.29, 0.717) is 36.1 Å². The number of hydrogen-bond acceptors (Lipinski definition) is 4. The first-order valence-electron chi connectivity index (χ1n) is 8.38. The van der Waals surface area contributed by atoms with Gasteiger partial charge < -0.3 is 0 Å². The molecule has 1 unspecified atom stereocenters. The van der Waals surface area contributed by atoms with Crippen LogP contribution < -0.4 is 0 Å². The topological polar surface area (TPSA) is 64.4 Å². The van der Waals surface area contributed by atoms with Crippen molar-refractivity contribution in [2.75, 3.05) is 26.2 Å². The normalized spacial score (nSPS) is 17.6. The van der Waals surface area contributed by atoms with E-state index >= 15 is 0 Å². The molecule has 1 aliphatic rings. The number of aryl methyl sites for hydroxylation is 1. The molecule has 1 saturated heterocycles. The van der Waals surface area contributed by atoms with Crippen LogP contribution >= 0.6 is 11.6 Å². The third kappa shape index (κ3) is 3.92. The van der Waals surface area contributed by atoms with Crippen LogP contribution in [-0.4, -0.2) is 43.8 Å². The highest BCUT2D eigenvalue weighted by molar-refractivity contribution is 7.89. The van der Waals surface area contributed by atoms with E-state index in [1.54, 1.807) is 36.4 Å². The molecule has 1 heterocycles. The Hall–Kier alpha value is -1.91. The van der Waals surface area contributed by atoms with Crippen LogP contribution in [0.15, 0.2) is 53.4 Å². The van der Waals surface area contributed by atoms with Gasteiger partial charge in [0.25, 0.3) is 0 Å². The van der Waals surface area contributed by atoms with Crippen LogP contribution in [-0.2, 0) is 10.0 Å². The number of nitriles is 1. The van der Waals surface area contributed by atoms with Crippen molar-refractivity contribution in [1.29, 1.82) is 5.26 Å². The van der Waals surface area contributed by atoms with Gasteiger partial charge in [0, 0.05) is 31.2 Å². The van der Waals surface area contributed by atoms with Gasteiger partial charge in [-0.05, 0) is 36.8 Å². The number of piperazine rings is 1. The third-order valence-corrected chi connectivity index (χ3v) is 6.77. The first-order valence-corrected chi connectivity index (χ1v) is 10.2. The largest absolute Gasteiger partial charge is 0.282 e. The summed E-state index contributed by atoms with van der Waals surface area (Å²) in [5, 5.41) is 10.2. The SMILES string of the molecule is Cc1ccc(S(=O)(=O)N2CCN(C(C#N)c3ccc(Cl)cc3)CC2)cc1. The lowest BCUT2D eigenvalue weighted by molar-refractivity contribution is 0.162. The lowest BCUT2D eigenvalue weighted by atomic mass is 10.1. The Morgan fingerprint density at radius 2 is 1.58 bits per heavy atom. The summed E-state index contributed by atoms with van der Waals surface area (Å²) in [7, 11) is -3.50. The molecule has 1 aliphatic heterocycles. The van der Waals surface area contributed by atoms with Crippen LogP contribution in [0.5, 0.6) is 0 Å². The zero-order valence-corrected chi connectivity index (χ0v) is 16.0. The number of sulfonamides is 1. The molecule has 7 heteroatoms.